The van der Waals surface area contributed by atoms with Crippen LogP contribution in [0.25, 0.3) is 0 Å². The Balaban J connectivity index is 2.00. The molecule has 1 aromatic rings. The van der Waals surface area contributed by atoms with Gasteiger partial charge in [0.25, 0.3) is 0 Å². The van der Waals surface area contributed by atoms with Gasteiger partial charge in [-0.2, -0.15) is 0 Å². The Kier molecular flexibility index (Phi) is 4.17. The van der Waals surface area contributed by atoms with Crippen LogP contribution in [0, 0.1) is 5.92 Å². The van der Waals surface area contributed by atoms with Crippen LogP contribution in [-0.2, 0) is 0 Å². The van der Waals surface area contributed by atoms with E-state index in [0.29, 0.717) is 17.9 Å². The van der Waals surface area contributed by atoms with Gasteiger partial charge in [0.05, 0.1) is 6.61 Å². The van der Waals surface area contributed by atoms with Crippen molar-refractivity contribution in [1.82, 2.24) is 0 Å². The molecule has 0 radical (unpaired) electrons. The summed E-state index contributed by atoms with van der Waals surface area (Å²) in [6.45, 7) is 2.46. The molecule has 0 spiro atoms. The maximum Gasteiger partial charge on any atom is 0.248 e. The molecule has 0 amide bonds. The van der Waals surface area contributed by atoms with Crippen LogP contribution in [0.5, 0.6) is 5.75 Å². The second-order valence-electron chi connectivity index (χ2n) is 4.95. The Bertz CT molecular complexity index is 430. The molecule has 4 heteroatoms. The lowest BCUT2D eigenvalue weighted by Crippen LogP contribution is -2.28. The Morgan fingerprint density at radius 2 is 1.84 bits per heavy atom. The highest BCUT2D eigenvalue weighted by Gasteiger charge is 2.37. The Morgan fingerprint density at radius 3 is 2.37 bits per heavy atom. The molecule has 0 unspecified atom stereocenters. The normalized spacial score (nSPS) is 19.1. The highest BCUT2D eigenvalue weighted by molar-refractivity contribution is 5.98. The number of alkyl halides is 2. The number of rotatable bonds is 4. The van der Waals surface area contributed by atoms with Gasteiger partial charge in [-0.3, -0.25) is 4.79 Å². The van der Waals surface area contributed by atoms with E-state index in [4.69, 9.17) is 4.74 Å². The summed E-state index contributed by atoms with van der Waals surface area (Å²) in [6, 6.07) is 6.91. The van der Waals surface area contributed by atoms with Crippen LogP contribution in [0.1, 0.15) is 43.0 Å². The summed E-state index contributed by atoms with van der Waals surface area (Å²) < 4.78 is 31.4. The van der Waals surface area contributed by atoms with Gasteiger partial charge in [0, 0.05) is 24.3 Å². The van der Waals surface area contributed by atoms with Gasteiger partial charge in [-0.1, -0.05) is 0 Å². The molecule has 19 heavy (non-hydrogen) atoms. The minimum absolute atomic E-state index is 0.0291. The van der Waals surface area contributed by atoms with Gasteiger partial charge in [0.2, 0.25) is 5.92 Å². The van der Waals surface area contributed by atoms with E-state index >= 15 is 0 Å². The minimum atomic E-state index is -2.59. The number of carbonyl (C=O) groups excluding carboxylic acids is 1. The number of hydrogen-bond acceptors (Lipinski definition) is 2. The predicted molar refractivity (Wildman–Crippen MR) is 68.8 cm³/mol. The zero-order valence-electron chi connectivity index (χ0n) is 11.0. The fourth-order valence-electron chi connectivity index (χ4n) is 2.42. The molecule has 0 N–H and O–H groups in total. The first-order valence-corrected chi connectivity index (χ1v) is 6.67. The summed E-state index contributed by atoms with van der Waals surface area (Å²) in [4.78, 5) is 12.2. The van der Waals surface area contributed by atoms with Crippen molar-refractivity contribution in [3.63, 3.8) is 0 Å². The largest absolute Gasteiger partial charge is 0.494 e. The number of ether oxygens (including phenoxy) is 1. The van der Waals surface area contributed by atoms with Crippen molar-refractivity contribution in [2.75, 3.05) is 6.61 Å². The summed E-state index contributed by atoms with van der Waals surface area (Å²) in [5.74, 6) is -2.17. The van der Waals surface area contributed by atoms with Crippen LogP contribution in [0.15, 0.2) is 24.3 Å². The third-order valence-electron chi connectivity index (χ3n) is 3.54. The summed E-state index contributed by atoms with van der Waals surface area (Å²) >= 11 is 0. The maximum absolute atomic E-state index is 13.1. The van der Waals surface area contributed by atoms with E-state index in [0.717, 1.165) is 0 Å². The molecule has 0 atom stereocenters. The molecule has 1 aliphatic rings. The van der Waals surface area contributed by atoms with E-state index in [9.17, 15) is 13.6 Å². The van der Waals surface area contributed by atoms with Crippen molar-refractivity contribution in [3.8, 4) is 5.75 Å². The van der Waals surface area contributed by atoms with Crippen molar-refractivity contribution < 1.29 is 18.3 Å². The first-order valence-electron chi connectivity index (χ1n) is 6.67. The third kappa shape index (κ3) is 3.52. The quantitative estimate of drug-likeness (QED) is 0.769. The van der Waals surface area contributed by atoms with Gasteiger partial charge >= 0.3 is 0 Å². The molecular formula is C15H18F2O2. The third-order valence-corrected chi connectivity index (χ3v) is 3.54. The second kappa shape index (κ2) is 5.68. The van der Waals surface area contributed by atoms with Crippen LogP contribution in [0.3, 0.4) is 0 Å². The fraction of sp³-hybridized carbons (Fsp3) is 0.533. The van der Waals surface area contributed by atoms with Crippen molar-refractivity contribution in [1.29, 1.82) is 0 Å². The summed E-state index contributed by atoms with van der Waals surface area (Å²) in [6.07, 6.45) is 0.193. The zero-order valence-corrected chi connectivity index (χ0v) is 11.0. The lowest BCUT2D eigenvalue weighted by atomic mass is 9.82. The van der Waals surface area contributed by atoms with Crippen LogP contribution in [-0.4, -0.2) is 18.3 Å². The van der Waals surface area contributed by atoms with Gasteiger partial charge in [-0.15, -0.1) is 0 Å². The van der Waals surface area contributed by atoms with Gasteiger partial charge < -0.3 is 4.74 Å². The van der Waals surface area contributed by atoms with E-state index in [1.54, 1.807) is 24.3 Å². The average molecular weight is 268 g/mol. The number of Topliss-reactive ketones (excluding diaryl/α,β-unsaturated/α-hetero) is 1. The number of ketones is 1. The van der Waals surface area contributed by atoms with E-state index in [1.165, 1.54) is 0 Å². The van der Waals surface area contributed by atoms with Crippen molar-refractivity contribution >= 4 is 5.78 Å². The fourth-order valence-corrected chi connectivity index (χ4v) is 2.42. The van der Waals surface area contributed by atoms with Crippen LogP contribution in [0.4, 0.5) is 8.78 Å². The van der Waals surface area contributed by atoms with E-state index in [-0.39, 0.29) is 37.4 Å². The number of benzene rings is 1. The average Bonchev–Trinajstić information content (AvgIpc) is 2.39. The van der Waals surface area contributed by atoms with Crippen molar-refractivity contribution in [2.24, 2.45) is 5.92 Å². The molecule has 0 heterocycles. The molecule has 0 saturated heterocycles. The zero-order chi connectivity index (χ0) is 13.9. The Morgan fingerprint density at radius 1 is 1.26 bits per heavy atom. The monoisotopic (exact) mass is 268 g/mol. The molecule has 2 nitrogen and oxygen atoms in total. The topological polar surface area (TPSA) is 26.3 Å². The highest BCUT2D eigenvalue weighted by Crippen LogP contribution is 2.37. The van der Waals surface area contributed by atoms with Gasteiger partial charge in [0.15, 0.2) is 5.78 Å². The number of hydrogen-bond donors (Lipinski definition) is 0. The molecule has 0 bridgehead atoms. The first kappa shape index (κ1) is 14.0. The van der Waals surface area contributed by atoms with E-state index < -0.39 is 5.92 Å². The van der Waals surface area contributed by atoms with Crippen LogP contribution < -0.4 is 4.74 Å². The first-order chi connectivity index (χ1) is 9.02. The standard InChI is InChI=1S/C15H18F2O2/c1-2-19-13-5-3-11(4-6-13)14(18)12-7-9-15(16,17)10-8-12/h3-6,12H,2,7-10H2,1H3. The molecule has 1 fully saturated rings. The SMILES string of the molecule is CCOc1ccc(C(=O)C2CCC(F)(F)CC2)cc1. The smallest absolute Gasteiger partial charge is 0.248 e. The van der Waals surface area contributed by atoms with Crippen molar-refractivity contribution in [2.45, 2.75) is 38.5 Å². The maximum atomic E-state index is 13.1. The number of carbonyl (C=O) groups is 1. The molecule has 104 valence electrons. The van der Waals surface area contributed by atoms with E-state index in [1.807, 2.05) is 6.92 Å². The summed E-state index contributed by atoms with van der Waals surface area (Å²) in [5, 5.41) is 0. The molecule has 2 rings (SSSR count). The van der Waals surface area contributed by atoms with Crippen LogP contribution >= 0.6 is 0 Å². The van der Waals surface area contributed by atoms with Gasteiger partial charge in [-0.25, -0.2) is 8.78 Å². The molecule has 1 saturated carbocycles. The minimum Gasteiger partial charge on any atom is -0.494 e. The lowest BCUT2D eigenvalue weighted by Gasteiger charge is -2.27. The Hall–Kier alpha value is -1.45. The van der Waals surface area contributed by atoms with Gasteiger partial charge in [0.1, 0.15) is 5.75 Å². The summed E-state index contributed by atoms with van der Waals surface area (Å²) in [5.41, 5.74) is 0.582. The molecule has 1 aromatic carbocycles. The van der Waals surface area contributed by atoms with Gasteiger partial charge in [-0.05, 0) is 44.0 Å². The second-order valence-corrected chi connectivity index (χ2v) is 4.95. The molecule has 1 aliphatic carbocycles. The number of halogens is 2. The molecular weight excluding hydrogens is 250 g/mol. The van der Waals surface area contributed by atoms with Crippen molar-refractivity contribution in [3.05, 3.63) is 29.8 Å². The summed E-state index contributed by atoms with van der Waals surface area (Å²) in [7, 11) is 0. The highest BCUT2D eigenvalue weighted by atomic mass is 19.3. The Labute approximate surface area is 111 Å². The molecule has 0 aromatic heterocycles. The van der Waals surface area contributed by atoms with E-state index in [2.05, 4.69) is 0 Å². The molecule has 0 aliphatic heterocycles. The predicted octanol–water partition coefficient (Wildman–Crippen LogP) is 4.09. The lowest BCUT2D eigenvalue weighted by molar-refractivity contribution is -0.0424. The van der Waals surface area contributed by atoms with Crippen LogP contribution in [0.2, 0.25) is 0 Å².